The van der Waals surface area contributed by atoms with Gasteiger partial charge in [-0.3, -0.25) is 0 Å². The van der Waals surface area contributed by atoms with Gasteiger partial charge in [0.1, 0.15) is 16.4 Å². The van der Waals surface area contributed by atoms with Crippen molar-refractivity contribution in [1.82, 2.24) is 24.6 Å². The van der Waals surface area contributed by atoms with E-state index in [2.05, 4.69) is 42.1 Å². The summed E-state index contributed by atoms with van der Waals surface area (Å²) >= 11 is 3.48. The molecule has 1 aliphatic heterocycles. The van der Waals surface area contributed by atoms with E-state index in [1.54, 1.807) is 0 Å². The van der Waals surface area contributed by atoms with Crippen LogP contribution in [0.3, 0.4) is 0 Å². The van der Waals surface area contributed by atoms with Crippen LogP contribution in [-0.4, -0.2) is 44.2 Å². The Morgan fingerprint density at radius 2 is 2.16 bits per heavy atom. The first kappa shape index (κ1) is 21.8. The summed E-state index contributed by atoms with van der Waals surface area (Å²) in [4.78, 5) is 16.3. The van der Waals surface area contributed by atoms with Gasteiger partial charge >= 0.3 is 6.09 Å². The molecule has 3 aromatic heterocycles. The molecule has 31 heavy (non-hydrogen) atoms. The molecule has 9 heteroatoms. The van der Waals surface area contributed by atoms with Crippen molar-refractivity contribution in [3.63, 3.8) is 0 Å². The highest BCUT2D eigenvalue weighted by Gasteiger charge is 2.19. The van der Waals surface area contributed by atoms with Crippen molar-refractivity contribution in [2.45, 2.75) is 58.4 Å². The normalized spacial score (nSPS) is 17.1. The third-order valence-electron chi connectivity index (χ3n) is 5.12. The van der Waals surface area contributed by atoms with Gasteiger partial charge in [0.2, 0.25) is 0 Å². The van der Waals surface area contributed by atoms with E-state index in [1.165, 1.54) is 0 Å². The molecule has 1 unspecified atom stereocenters. The van der Waals surface area contributed by atoms with Crippen LogP contribution in [0.2, 0.25) is 0 Å². The van der Waals surface area contributed by atoms with E-state index < -0.39 is 11.7 Å². The van der Waals surface area contributed by atoms with E-state index in [-0.39, 0.29) is 6.23 Å². The van der Waals surface area contributed by atoms with Gasteiger partial charge in [0, 0.05) is 48.6 Å². The maximum Gasteiger partial charge on any atom is 0.407 e. The van der Waals surface area contributed by atoms with Gasteiger partial charge in [0.15, 0.2) is 0 Å². The number of nitrogens with one attached hydrogen (secondary N) is 1. The zero-order valence-corrected chi connectivity index (χ0v) is 19.7. The second kappa shape index (κ2) is 9.00. The van der Waals surface area contributed by atoms with Gasteiger partial charge in [0.25, 0.3) is 0 Å². The van der Waals surface area contributed by atoms with Gasteiger partial charge < -0.3 is 19.4 Å². The van der Waals surface area contributed by atoms with Crippen molar-refractivity contribution < 1.29 is 14.3 Å². The summed E-state index contributed by atoms with van der Waals surface area (Å²) in [5, 5.41) is 8.44. The topological polar surface area (TPSA) is 83.2 Å². The Hall–Kier alpha value is -2.39. The molecular weight excluding hydrogens is 462 g/mol. The van der Waals surface area contributed by atoms with Crippen LogP contribution in [0.4, 0.5) is 4.79 Å². The third-order valence-corrected chi connectivity index (χ3v) is 5.55. The molecule has 0 bridgehead atoms. The number of nitrogens with zero attached hydrogens (tertiary/aromatic N) is 4. The number of alkyl carbamates (subject to hydrolysis) is 1. The van der Waals surface area contributed by atoms with Crippen LogP contribution >= 0.6 is 15.9 Å². The van der Waals surface area contributed by atoms with Crippen molar-refractivity contribution >= 4 is 32.9 Å². The summed E-state index contributed by atoms with van der Waals surface area (Å²) in [6.45, 7) is 7.37. The lowest BCUT2D eigenvalue weighted by atomic mass is 10.1. The zero-order chi connectivity index (χ0) is 22.0. The third kappa shape index (κ3) is 5.27. The molecule has 3 aromatic rings. The summed E-state index contributed by atoms with van der Waals surface area (Å²) in [5.41, 5.74) is 2.56. The number of halogens is 1. The predicted molar refractivity (Wildman–Crippen MR) is 122 cm³/mol. The molecule has 0 saturated carbocycles. The van der Waals surface area contributed by atoms with E-state index >= 15 is 0 Å². The molecule has 166 valence electrons. The maximum atomic E-state index is 12.0. The van der Waals surface area contributed by atoms with E-state index in [0.717, 1.165) is 52.5 Å². The monoisotopic (exact) mass is 489 g/mol. The van der Waals surface area contributed by atoms with E-state index in [1.807, 2.05) is 50.1 Å². The minimum absolute atomic E-state index is 0.00211. The van der Waals surface area contributed by atoms with Crippen LogP contribution < -0.4 is 5.32 Å². The Balaban J connectivity index is 1.55. The number of fused-ring (bicyclic) bond motifs is 1. The van der Waals surface area contributed by atoms with Crippen molar-refractivity contribution in [3.8, 4) is 11.1 Å². The molecule has 8 nitrogen and oxygen atoms in total. The Kier molecular flexibility index (Phi) is 6.34. The second-order valence-corrected chi connectivity index (χ2v) is 9.53. The molecule has 0 aliphatic carbocycles. The maximum absolute atomic E-state index is 12.0. The quantitative estimate of drug-likeness (QED) is 0.516. The van der Waals surface area contributed by atoms with Crippen LogP contribution in [0.1, 0.15) is 46.3 Å². The van der Waals surface area contributed by atoms with E-state index in [0.29, 0.717) is 13.1 Å². The Morgan fingerprint density at radius 3 is 2.90 bits per heavy atom. The molecule has 1 N–H and O–H groups in total. The molecule has 4 heterocycles. The Morgan fingerprint density at radius 1 is 1.32 bits per heavy atom. The molecule has 1 aliphatic rings. The fraction of sp³-hybridized carbons (Fsp3) is 0.500. The fourth-order valence-electron chi connectivity index (χ4n) is 3.74. The number of hydrogen-bond donors (Lipinski definition) is 1. The smallest absolute Gasteiger partial charge is 0.407 e. The highest BCUT2D eigenvalue weighted by atomic mass is 79.9. The van der Waals surface area contributed by atoms with Crippen molar-refractivity contribution in [1.29, 1.82) is 0 Å². The summed E-state index contributed by atoms with van der Waals surface area (Å²) in [6, 6.07) is 2.01. The van der Waals surface area contributed by atoms with E-state index in [4.69, 9.17) is 9.47 Å². The van der Waals surface area contributed by atoms with Crippen molar-refractivity contribution in [2.75, 3.05) is 13.2 Å². The number of aromatic nitrogens is 4. The summed E-state index contributed by atoms with van der Waals surface area (Å²) in [5.74, 6) is 0. The number of carbonyl (C=O) groups excluding carboxylic acids is 1. The first-order valence-electron chi connectivity index (χ1n) is 10.6. The lowest BCUT2D eigenvalue weighted by Crippen LogP contribution is -2.34. The summed E-state index contributed by atoms with van der Waals surface area (Å²) in [6.07, 6.45) is 10.7. The molecule has 1 amide bonds. The lowest BCUT2D eigenvalue weighted by Gasteiger charge is -2.22. The first-order chi connectivity index (χ1) is 14.8. The first-order valence-corrected chi connectivity index (χ1v) is 11.4. The van der Waals surface area contributed by atoms with Crippen molar-refractivity contribution in [2.24, 2.45) is 0 Å². The number of rotatable bonds is 5. The predicted octanol–water partition coefficient (Wildman–Crippen LogP) is 4.89. The molecule has 1 saturated heterocycles. The SMILES string of the molecule is CC(C)(C)OC(=O)NCCn1cc(-c2cnn(C3CCCCO3)c2)c2cc(Br)ncc21. The largest absolute Gasteiger partial charge is 0.444 e. The minimum Gasteiger partial charge on any atom is -0.444 e. The molecule has 1 fully saturated rings. The average Bonchev–Trinajstić information content (AvgIpc) is 3.32. The van der Waals surface area contributed by atoms with Crippen molar-refractivity contribution in [3.05, 3.63) is 35.5 Å². The van der Waals surface area contributed by atoms with Crippen LogP contribution in [0, 0.1) is 0 Å². The standard InChI is InChI=1S/C22H28BrN5O3/c1-22(2,3)31-21(29)24-7-8-27-14-17(16-10-19(23)25-12-18(16)27)15-11-26-28(13-15)20-6-4-5-9-30-20/h10-14,20H,4-9H2,1-3H3,(H,24,29). The van der Waals surface area contributed by atoms with Gasteiger partial charge in [0.05, 0.1) is 17.9 Å². The molecular formula is C22H28BrN5O3. The minimum atomic E-state index is -0.518. The number of ether oxygens (including phenoxy) is 2. The molecule has 0 aromatic carbocycles. The van der Waals surface area contributed by atoms with Gasteiger partial charge in [-0.1, -0.05) is 0 Å². The summed E-state index contributed by atoms with van der Waals surface area (Å²) in [7, 11) is 0. The van der Waals surface area contributed by atoms with Gasteiger partial charge in [-0.05, 0) is 62.0 Å². The Bertz CT molecular complexity index is 1060. The van der Waals surface area contributed by atoms with Crippen LogP contribution in [0.5, 0.6) is 0 Å². The number of carbonyl (C=O) groups is 1. The van der Waals surface area contributed by atoms with Gasteiger partial charge in [-0.15, -0.1) is 0 Å². The molecule has 4 rings (SSSR count). The molecule has 0 radical (unpaired) electrons. The van der Waals surface area contributed by atoms with Gasteiger partial charge in [-0.25, -0.2) is 14.5 Å². The van der Waals surface area contributed by atoms with Crippen LogP contribution in [-0.2, 0) is 16.0 Å². The fourth-order valence-corrected chi connectivity index (χ4v) is 4.07. The highest BCUT2D eigenvalue weighted by molar-refractivity contribution is 9.10. The van der Waals surface area contributed by atoms with Gasteiger partial charge in [-0.2, -0.15) is 5.10 Å². The number of hydrogen-bond acceptors (Lipinski definition) is 5. The number of pyridine rings is 1. The average molecular weight is 490 g/mol. The second-order valence-electron chi connectivity index (χ2n) is 8.72. The molecule has 0 spiro atoms. The van der Waals surface area contributed by atoms with Crippen LogP contribution in [0.25, 0.3) is 22.0 Å². The number of amides is 1. The zero-order valence-electron chi connectivity index (χ0n) is 18.1. The Labute approximate surface area is 190 Å². The van der Waals surface area contributed by atoms with Crippen LogP contribution in [0.15, 0.2) is 35.5 Å². The lowest BCUT2D eigenvalue weighted by molar-refractivity contribution is -0.0394. The molecule has 1 atom stereocenters. The highest BCUT2D eigenvalue weighted by Crippen LogP contribution is 2.33. The van der Waals surface area contributed by atoms with E-state index in [9.17, 15) is 4.79 Å². The summed E-state index contributed by atoms with van der Waals surface area (Å²) < 4.78 is 16.0.